The fraction of sp³-hybridized carbons (Fsp3) is 0.130. The Morgan fingerprint density at radius 2 is 1.55 bits per heavy atom. The smallest absolute Gasteiger partial charge is 0.269 e. The first-order valence-corrected chi connectivity index (χ1v) is 11.4. The van der Waals surface area contributed by atoms with Gasteiger partial charge in [0, 0.05) is 11.3 Å². The number of rotatable bonds is 8. The molecule has 33 heavy (non-hydrogen) atoms. The molecule has 0 bridgehead atoms. The Bertz CT molecular complexity index is 1230. The zero-order chi connectivity index (χ0) is 23.8. The number of hydrogen-bond acceptors (Lipinski definition) is 6. The quantitative estimate of drug-likeness (QED) is 0.377. The number of nitrogens with one attached hydrogen (secondary N) is 4. The van der Waals surface area contributed by atoms with Crippen molar-refractivity contribution in [1.29, 1.82) is 0 Å². The number of methoxy groups -OCH3 is 1. The highest BCUT2D eigenvalue weighted by Crippen LogP contribution is 2.19. The van der Waals surface area contributed by atoms with Crippen LogP contribution in [-0.4, -0.2) is 33.9 Å². The third kappa shape index (κ3) is 6.47. The second-order valence-corrected chi connectivity index (χ2v) is 8.71. The second kappa shape index (κ2) is 10.5. The lowest BCUT2D eigenvalue weighted by Crippen LogP contribution is -2.44. The number of carbonyl (C=O) groups excluding carboxylic acids is 2. The van der Waals surface area contributed by atoms with Crippen LogP contribution in [0.3, 0.4) is 0 Å². The maximum Gasteiger partial charge on any atom is 0.269 e. The van der Waals surface area contributed by atoms with Crippen LogP contribution in [0.2, 0.25) is 0 Å². The molecule has 3 aromatic rings. The number of hydrazine groups is 1. The molecule has 0 aliphatic heterocycles. The van der Waals surface area contributed by atoms with Gasteiger partial charge in [0.05, 0.1) is 24.2 Å². The molecule has 0 unspecified atom stereocenters. The average Bonchev–Trinajstić information content (AvgIpc) is 2.83. The summed E-state index contributed by atoms with van der Waals surface area (Å²) in [4.78, 5) is 24.2. The Labute approximate surface area is 192 Å². The normalized spacial score (nSPS) is 10.7. The zero-order valence-electron chi connectivity index (χ0n) is 18.1. The van der Waals surface area contributed by atoms with Crippen LogP contribution in [-0.2, 0) is 14.8 Å². The molecule has 10 heteroatoms. The van der Waals surface area contributed by atoms with Crippen molar-refractivity contribution in [3.8, 4) is 5.75 Å². The van der Waals surface area contributed by atoms with Gasteiger partial charge in [-0.05, 0) is 67.1 Å². The van der Waals surface area contributed by atoms with Crippen LogP contribution in [0, 0.1) is 6.92 Å². The summed E-state index contributed by atoms with van der Waals surface area (Å²) in [5, 5.41) is 2.91. The molecule has 3 rings (SSSR count). The number of aryl methyl sites for hydroxylation is 1. The van der Waals surface area contributed by atoms with Gasteiger partial charge in [0.1, 0.15) is 5.75 Å². The van der Waals surface area contributed by atoms with Crippen LogP contribution in [0.15, 0.2) is 77.7 Å². The van der Waals surface area contributed by atoms with Gasteiger partial charge in [0.25, 0.3) is 21.8 Å². The van der Waals surface area contributed by atoms with Crippen LogP contribution >= 0.6 is 0 Å². The lowest BCUT2D eigenvalue weighted by Gasteiger charge is -2.11. The summed E-state index contributed by atoms with van der Waals surface area (Å²) in [5.74, 6) is -0.341. The minimum absolute atomic E-state index is 0.00929. The predicted molar refractivity (Wildman–Crippen MR) is 126 cm³/mol. The Balaban J connectivity index is 1.52. The summed E-state index contributed by atoms with van der Waals surface area (Å²) >= 11 is 0. The van der Waals surface area contributed by atoms with Gasteiger partial charge in [-0.2, -0.15) is 0 Å². The summed E-state index contributed by atoms with van der Waals surface area (Å²) in [7, 11) is -2.25. The zero-order valence-corrected chi connectivity index (χ0v) is 18.9. The minimum atomic E-state index is -3.81. The Morgan fingerprint density at radius 1 is 0.879 bits per heavy atom. The van der Waals surface area contributed by atoms with E-state index in [0.717, 1.165) is 5.56 Å². The summed E-state index contributed by atoms with van der Waals surface area (Å²) in [6.45, 7) is 1.74. The SMILES string of the molecule is COc1ccc(NCC(=O)NNC(=O)c2ccc(S(=O)(=O)Nc3ccccc3C)cc2)cc1. The second-order valence-electron chi connectivity index (χ2n) is 7.03. The van der Waals surface area contributed by atoms with E-state index in [4.69, 9.17) is 4.74 Å². The lowest BCUT2D eigenvalue weighted by molar-refractivity contribution is -0.120. The largest absolute Gasteiger partial charge is 0.497 e. The molecule has 172 valence electrons. The summed E-state index contributed by atoms with van der Waals surface area (Å²) in [5.41, 5.74) is 6.76. The van der Waals surface area contributed by atoms with E-state index >= 15 is 0 Å². The maximum absolute atomic E-state index is 12.6. The molecule has 0 radical (unpaired) electrons. The number of hydrogen-bond donors (Lipinski definition) is 4. The van der Waals surface area contributed by atoms with E-state index in [2.05, 4.69) is 20.9 Å². The summed E-state index contributed by atoms with van der Waals surface area (Å²) in [6, 6.07) is 19.4. The summed E-state index contributed by atoms with van der Waals surface area (Å²) in [6.07, 6.45) is 0. The highest BCUT2D eigenvalue weighted by Gasteiger charge is 2.16. The number of benzene rings is 3. The fourth-order valence-electron chi connectivity index (χ4n) is 2.81. The van der Waals surface area contributed by atoms with E-state index in [9.17, 15) is 18.0 Å². The molecular formula is C23H24N4O5S. The molecular weight excluding hydrogens is 444 g/mol. The molecule has 0 saturated heterocycles. The molecule has 3 aromatic carbocycles. The van der Waals surface area contributed by atoms with E-state index in [0.29, 0.717) is 17.1 Å². The first-order valence-electron chi connectivity index (χ1n) is 9.94. The Hall–Kier alpha value is -4.05. The number of anilines is 2. The number of sulfonamides is 1. The molecule has 2 amide bonds. The van der Waals surface area contributed by atoms with Gasteiger partial charge in [0.15, 0.2) is 0 Å². The van der Waals surface area contributed by atoms with Crippen LogP contribution in [0.5, 0.6) is 5.75 Å². The lowest BCUT2D eigenvalue weighted by atomic mass is 10.2. The van der Waals surface area contributed by atoms with Crippen LogP contribution in [0.25, 0.3) is 0 Å². The average molecular weight is 469 g/mol. The Morgan fingerprint density at radius 3 is 2.18 bits per heavy atom. The van der Waals surface area contributed by atoms with Gasteiger partial charge in [0.2, 0.25) is 0 Å². The molecule has 0 aliphatic carbocycles. The molecule has 0 spiro atoms. The molecule has 0 aromatic heterocycles. The molecule has 9 nitrogen and oxygen atoms in total. The van der Waals surface area contributed by atoms with E-state index < -0.39 is 21.8 Å². The monoisotopic (exact) mass is 468 g/mol. The summed E-state index contributed by atoms with van der Waals surface area (Å²) < 4.78 is 32.8. The van der Waals surface area contributed by atoms with E-state index in [1.54, 1.807) is 56.5 Å². The van der Waals surface area contributed by atoms with Crippen molar-refractivity contribution >= 4 is 33.2 Å². The van der Waals surface area contributed by atoms with Gasteiger partial charge in [-0.15, -0.1) is 0 Å². The van der Waals surface area contributed by atoms with Crippen molar-refractivity contribution < 1.29 is 22.7 Å². The van der Waals surface area contributed by atoms with E-state index in [1.165, 1.54) is 24.3 Å². The minimum Gasteiger partial charge on any atom is -0.497 e. The third-order valence-corrected chi connectivity index (χ3v) is 6.06. The molecule has 0 heterocycles. The standard InChI is InChI=1S/C23H24N4O5S/c1-16-5-3-4-6-21(16)27-33(30,31)20-13-7-17(8-14-20)23(29)26-25-22(28)15-24-18-9-11-19(32-2)12-10-18/h3-14,24,27H,15H2,1-2H3,(H,25,28)(H,26,29). The fourth-order valence-corrected chi connectivity index (χ4v) is 3.94. The highest BCUT2D eigenvalue weighted by molar-refractivity contribution is 7.92. The predicted octanol–water partition coefficient (Wildman–Crippen LogP) is 2.68. The van der Waals surface area contributed by atoms with Crippen molar-refractivity contribution in [2.45, 2.75) is 11.8 Å². The number of amides is 2. The van der Waals surface area contributed by atoms with Gasteiger partial charge < -0.3 is 10.1 Å². The number of ether oxygens (including phenoxy) is 1. The van der Waals surface area contributed by atoms with Gasteiger partial charge in [-0.25, -0.2) is 8.42 Å². The maximum atomic E-state index is 12.6. The van der Waals surface area contributed by atoms with Crippen molar-refractivity contribution in [1.82, 2.24) is 10.9 Å². The molecule has 4 N–H and O–H groups in total. The number of para-hydroxylation sites is 1. The van der Waals surface area contributed by atoms with Gasteiger partial charge in [-0.3, -0.25) is 25.2 Å². The molecule has 0 fully saturated rings. The number of carbonyl (C=O) groups is 2. The van der Waals surface area contributed by atoms with Crippen molar-refractivity contribution in [2.75, 3.05) is 23.7 Å². The molecule has 0 aliphatic rings. The Kier molecular flexibility index (Phi) is 7.52. The van der Waals surface area contributed by atoms with Crippen molar-refractivity contribution in [3.05, 3.63) is 83.9 Å². The van der Waals surface area contributed by atoms with Gasteiger partial charge >= 0.3 is 0 Å². The van der Waals surface area contributed by atoms with Crippen LogP contribution < -0.4 is 25.6 Å². The van der Waals surface area contributed by atoms with Crippen LogP contribution in [0.1, 0.15) is 15.9 Å². The highest BCUT2D eigenvalue weighted by atomic mass is 32.2. The first kappa shape index (κ1) is 23.6. The van der Waals surface area contributed by atoms with E-state index in [1.807, 2.05) is 6.07 Å². The third-order valence-electron chi connectivity index (χ3n) is 4.67. The van der Waals surface area contributed by atoms with E-state index in [-0.39, 0.29) is 17.0 Å². The van der Waals surface area contributed by atoms with Crippen LogP contribution in [0.4, 0.5) is 11.4 Å². The van der Waals surface area contributed by atoms with Gasteiger partial charge in [-0.1, -0.05) is 18.2 Å². The van der Waals surface area contributed by atoms with Crippen molar-refractivity contribution in [2.24, 2.45) is 0 Å². The molecule has 0 atom stereocenters. The molecule has 0 saturated carbocycles. The topological polar surface area (TPSA) is 126 Å². The van der Waals surface area contributed by atoms with Crippen molar-refractivity contribution in [3.63, 3.8) is 0 Å². The first-order chi connectivity index (χ1) is 15.8.